The van der Waals surface area contributed by atoms with Crippen LogP contribution in [0.1, 0.15) is 38.2 Å². The second-order valence-electron chi connectivity index (χ2n) is 5.43. The Morgan fingerprint density at radius 1 is 1.30 bits per heavy atom. The monoisotopic (exact) mass is 293 g/mol. The van der Waals surface area contributed by atoms with Crippen LogP contribution in [-0.2, 0) is 0 Å². The van der Waals surface area contributed by atoms with Gasteiger partial charge in [0.05, 0.1) is 16.8 Å². The van der Waals surface area contributed by atoms with Crippen molar-refractivity contribution in [3.63, 3.8) is 0 Å². The molecular formula is C14H20ClN5. The summed E-state index contributed by atoms with van der Waals surface area (Å²) in [5.74, 6) is 1.33. The van der Waals surface area contributed by atoms with Gasteiger partial charge in [-0.2, -0.15) is 4.68 Å². The lowest BCUT2D eigenvalue weighted by molar-refractivity contribution is 0.475. The first-order valence-electron chi connectivity index (χ1n) is 6.77. The van der Waals surface area contributed by atoms with Gasteiger partial charge in [0.15, 0.2) is 5.82 Å². The number of nitrogens with one attached hydrogen (secondary N) is 1. The number of hydrogen-bond donors (Lipinski definition) is 1. The van der Waals surface area contributed by atoms with Crippen LogP contribution in [0.3, 0.4) is 0 Å². The molecule has 20 heavy (non-hydrogen) atoms. The third-order valence-corrected chi connectivity index (χ3v) is 3.35. The van der Waals surface area contributed by atoms with E-state index in [0.29, 0.717) is 10.9 Å². The lowest BCUT2D eigenvalue weighted by Crippen LogP contribution is -2.25. The van der Waals surface area contributed by atoms with E-state index in [1.165, 1.54) is 0 Å². The summed E-state index contributed by atoms with van der Waals surface area (Å²) in [6, 6.07) is 5.91. The van der Waals surface area contributed by atoms with E-state index in [9.17, 15) is 0 Å². The summed E-state index contributed by atoms with van der Waals surface area (Å²) in [6.07, 6.45) is 0. The second-order valence-corrected chi connectivity index (χ2v) is 5.83. The molecule has 5 nitrogen and oxygen atoms in total. The highest BCUT2D eigenvalue weighted by molar-refractivity contribution is 6.32. The van der Waals surface area contributed by atoms with Gasteiger partial charge in [-0.05, 0) is 54.4 Å². The van der Waals surface area contributed by atoms with Crippen LogP contribution in [0.15, 0.2) is 18.2 Å². The average Bonchev–Trinajstić information content (AvgIpc) is 2.85. The highest BCUT2D eigenvalue weighted by Gasteiger charge is 2.17. The van der Waals surface area contributed by atoms with Crippen LogP contribution in [0, 0.1) is 12.8 Å². The standard InChI is InChI=1S/C14H20ClN5/c1-9(2)8-16-11(4)14-17-18-19-20(14)13-6-5-10(3)7-12(13)15/h5-7,9,11,16H,8H2,1-4H3. The minimum Gasteiger partial charge on any atom is -0.307 e. The maximum atomic E-state index is 6.29. The molecule has 1 unspecified atom stereocenters. The van der Waals surface area contributed by atoms with Crippen molar-refractivity contribution in [1.82, 2.24) is 25.5 Å². The quantitative estimate of drug-likeness (QED) is 0.921. The summed E-state index contributed by atoms with van der Waals surface area (Å²) >= 11 is 6.29. The summed E-state index contributed by atoms with van der Waals surface area (Å²) in [7, 11) is 0. The number of aryl methyl sites for hydroxylation is 1. The Labute approximate surface area is 124 Å². The number of tetrazole rings is 1. The highest BCUT2D eigenvalue weighted by Crippen LogP contribution is 2.23. The second kappa shape index (κ2) is 6.33. The molecule has 0 aliphatic carbocycles. The first kappa shape index (κ1) is 14.9. The van der Waals surface area contributed by atoms with Crippen LogP contribution in [-0.4, -0.2) is 26.8 Å². The number of aromatic nitrogens is 4. The van der Waals surface area contributed by atoms with E-state index in [1.807, 2.05) is 32.0 Å². The maximum absolute atomic E-state index is 6.29. The summed E-state index contributed by atoms with van der Waals surface area (Å²) < 4.78 is 1.69. The van der Waals surface area contributed by atoms with Gasteiger partial charge < -0.3 is 5.32 Å². The number of nitrogens with zero attached hydrogens (tertiary/aromatic N) is 4. The SMILES string of the molecule is Cc1ccc(-n2nnnc2C(C)NCC(C)C)c(Cl)c1. The normalized spacial score (nSPS) is 12.9. The summed E-state index contributed by atoms with van der Waals surface area (Å²) in [5.41, 5.74) is 1.91. The molecule has 2 rings (SSSR count). The van der Waals surface area contributed by atoms with E-state index >= 15 is 0 Å². The summed E-state index contributed by atoms with van der Waals surface area (Å²) in [6.45, 7) is 9.30. The number of benzene rings is 1. The molecule has 1 aromatic carbocycles. The van der Waals surface area contributed by atoms with Gasteiger partial charge in [-0.3, -0.25) is 0 Å². The maximum Gasteiger partial charge on any atom is 0.173 e. The van der Waals surface area contributed by atoms with Crippen molar-refractivity contribution in [1.29, 1.82) is 0 Å². The van der Waals surface area contributed by atoms with Crippen molar-refractivity contribution in [2.24, 2.45) is 5.92 Å². The van der Waals surface area contributed by atoms with Crippen molar-refractivity contribution in [2.75, 3.05) is 6.54 Å². The molecule has 0 amide bonds. The molecule has 0 bridgehead atoms. The van der Waals surface area contributed by atoms with Gasteiger partial charge in [0, 0.05) is 0 Å². The minimum atomic E-state index is 0.0600. The Morgan fingerprint density at radius 2 is 2.05 bits per heavy atom. The van der Waals surface area contributed by atoms with Crippen molar-refractivity contribution in [3.05, 3.63) is 34.6 Å². The van der Waals surface area contributed by atoms with Gasteiger partial charge in [-0.1, -0.05) is 31.5 Å². The molecule has 1 atom stereocenters. The zero-order chi connectivity index (χ0) is 14.7. The summed E-state index contributed by atoms with van der Waals surface area (Å²) in [5, 5.41) is 16.0. The zero-order valence-electron chi connectivity index (χ0n) is 12.3. The van der Waals surface area contributed by atoms with Gasteiger partial charge in [-0.15, -0.1) is 5.10 Å². The molecule has 108 valence electrons. The van der Waals surface area contributed by atoms with Crippen molar-refractivity contribution >= 4 is 11.6 Å². The third-order valence-electron chi connectivity index (χ3n) is 3.04. The molecular weight excluding hydrogens is 274 g/mol. The lowest BCUT2D eigenvalue weighted by Gasteiger charge is -2.15. The van der Waals surface area contributed by atoms with E-state index in [2.05, 4.69) is 34.7 Å². The molecule has 0 radical (unpaired) electrons. The molecule has 1 aromatic heterocycles. The van der Waals surface area contributed by atoms with Gasteiger partial charge in [-0.25, -0.2) is 0 Å². The van der Waals surface area contributed by atoms with E-state index < -0.39 is 0 Å². The molecule has 0 aliphatic heterocycles. The Morgan fingerprint density at radius 3 is 2.70 bits per heavy atom. The van der Waals surface area contributed by atoms with Gasteiger partial charge >= 0.3 is 0 Å². The van der Waals surface area contributed by atoms with Gasteiger partial charge in [0.25, 0.3) is 0 Å². The fourth-order valence-corrected chi connectivity index (χ4v) is 2.24. The van der Waals surface area contributed by atoms with Crippen LogP contribution in [0.2, 0.25) is 5.02 Å². The van der Waals surface area contributed by atoms with Gasteiger partial charge in [0.2, 0.25) is 0 Å². The third kappa shape index (κ3) is 3.35. The van der Waals surface area contributed by atoms with E-state index in [0.717, 1.165) is 23.6 Å². The van der Waals surface area contributed by atoms with Crippen LogP contribution in [0.4, 0.5) is 0 Å². The smallest absolute Gasteiger partial charge is 0.173 e. The van der Waals surface area contributed by atoms with Crippen LogP contribution in [0.25, 0.3) is 5.69 Å². The fourth-order valence-electron chi connectivity index (χ4n) is 1.92. The Kier molecular flexibility index (Phi) is 4.73. The Balaban J connectivity index is 2.28. The van der Waals surface area contributed by atoms with Crippen molar-refractivity contribution in [2.45, 2.75) is 33.7 Å². The van der Waals surface area contributed by atoms with E-state index in [4.69, 9.17) is 11.6 Å². The Bertz CT molecular complexity index is 579. The predicted octanol–water partition coefficient (Wildman–Crippen LogP) is 2.93. The average molecular weight is 294 g/mol. The molecule has 0 saturated carbocycles. The first-order chi connectivity index (χ1) is 9.49. The van der Waals surface area contributed by atoms with Crippen LogP contribution < -0.4 is 5.32 Å². The lowest BCUT2D eigenvalue weighted by atomic mass is 10.2. The minimum absolute atomic E-state index is 0.0600. The molecule has 0 saturated heterocycles. The molecule has 1 heterocycles. The number of halogens is 1. The van der Waals surface area contributed by atoms with Crippen molar-refractivity contribution in [3.8, 4) is 5.69 Å². The molecule has 0 aliphatic rings. The molecule has 6 heteroatoms. The highest BCUT2D eigenvalue weighted by atomic mass is 35.5. The topological polar surface area (TPSA) is 55.6 Å². The number of hydrogen-bond acceptors (Lipinski definition) is 4. The molecule has 2 aromatic rings. The van der Waals surface area contributed by atoms with Crippen molar-refractivity contribution < 1.29 is 0 Å². The predicted molar refractivity (Wildman–Crippen MR) is 80.2 cm³/mol. The largest absolute Gasteiger partial charge is 0.307 e. The zero-order valence-corrected chi connectivity index (χ0v) is 13.0. The molecule has 0 fully saturated rings. The van der Waals surface area contributed by atoms with Crippen LogP contribution in [0.5, 0.6) is 0 Å². The summed E-state index contributed by atoms with van der Waals surface area (Å²) in [4.78, 5) is 0. The van der Waals surface area contributed by atoms with E-state index in [-0.39, 0.29) is 6.04 Å². The van der Waals surface area contributed by atoms with Crippen LogP contribution >= 0.6 is 11.6 Å². The fraction of sp³-hybridized carbons (Fsp3) is 0.500. The molecule has 0 spiro atoms. The number of rotatable bonds is 5. The first-order valence-corrected chi connectivity index (χ1v) is 7.15. The molecule has 1 N–H and O–H groups in total. The Hall–Kier alpha value is -1.46. The van der Waals surface area contributed by atoms with E-state index in [1.54, 1.807) is 4.68 Å². The van der Waals surface area contributed by atoms with Gasteiger partial charge in [0.1, 0.15) is 0 Å².